The van der Waals surface area contributed by atoms with E-state index in [9.17, 15) is 0 Å². The molecule has 3 fully saturated rings. The second-order valence-corrected chi connectivity index (χ2v) is 8.41. The molecule has 121 valence electrons. The van der Waals surface area contributed by atoms with E-state index < -0.39 is 0 Å². The van der Waals surface area contributed by atoms with Gasteiger partial charge in [-0.2, -0.15) is 0 Å². The second-order valence-electron chi connectivity index (χ2n) is 8.41. The maximum absolute atomic E-state index is 2.05. The minimum Gasteiger partial charge on any atom is -0.0533 e. The van der Waals surface area contributed by atoms with Crippen molar-refractivity contribution in [1.82, 2.24) is 0 Å². The van der Waals surface area contributed by atoms with E-state index >= 15 is 0 Å². The van der Waals surface area contributed by atoms with Crippen LogP contribution in [0.15, 0.2) is 0 Å². The molecule has 3 rings (SSSR count). The van der Waals surface area contributed by atoms with Crippen molar-refractivity contribution < 1.29 is 0 Å². The smallest absolute Gasteiger partial charge is 0.0205 e. The summed E-state index contributed by atoms with van der Waals surface area (Å²) in [6, 6.07) is 0. The third-order valence-electron chi connectivity index (χ3n) is 6.73. The third-order valence-corrected chi connectivity index (χ3v) is 6.73. The molecule has 21 heavy (non-hydrogen) atoms. The van der Waals surface area contributed by atoms with Crippen LogP contribution in [0, 0.1) is 23.7 Å². The Morgan fingerprint density at radius 2 is 0.857 bits per heavy atom. The Morgan fingerprint density at radius 1 is 0.476 bits per heavy atom. The first kappa shape index (κ1) is 15.9. The molecular weight excluding hydrogens is 252 g/mol. The van der Waals surface area contributed by atoms with Gasteiger partial charge in [0.05, 0.1) is 0 Å². The SMILES string of the molecule is C1CCC(C[C](CC2CCCCC2)C2CCCCC2)CC1. The summed E-state index contributed by atoms with van der Waals surface area (Å²) in [5.74, 6) is 5.22. The van der Waals surface area contributed by atoms with Crippen molar-refractivity contribution in [3.05, 3.63) is 5.92 Å². The van der Waals surface area contributed by atoms with E-state index in [1.54, 1.807) is 25.7 Å². The first-order chi connectivity index (χ1) is 10.4. The molecule has 0 aliphatic heterocycles. The molecular formula is C21H37. The van der Waals surface area contributed by atoms with Crippen molar-refractivity contribution in [1.29, 1.82) is 0 Å². The molecule has 0 unspecified atom stereocenters. The molecule has 3 aliphatic rings. The summed E-state index contributed by atoms with van der Waals surface area (Å²) in [7, 11) is 0. The fraction of sp³-hybridized carbons (Fsp3) is 0.952. The van der Waals surface area contributed by atoms with E-state index in [1.807, 2.05) is 5.92 Å². The van der Waals surface area contributed by atoms with Crippen LogP contribution >= 0.6 is 0 Å². The third kappa shape index (κ3) is 5.00. The quantitative estimate of drug-likeness (QED) is 0.507. The van der Waals surface area contributed by atoms with Gasteiger partial charge in [0.15, 0.2) is 0 Å². The van der Waals surface area contributed by atoms with Gasteiger partial charge in [-0.3, -0.25) is 0 Å². The molecule has 0 spiro atoms. The van der Waals surface area contributed by atoms with E-state index in [-0.39, 0.29) is 0 Å². The second kappa shape index (κ2) is 8.59. The van der Waals surface area contributed by atoms with Crippen LogP contribution in [-0.2, 0) is 0 Å². The average molecular weight is 290 g/mol. The summed E-state index contributed by atoms with van der Waals surface area (Å²) in [6.07, 6.45) is 25.9. The average Bonchev–Trinajstić information content (AvgIpc) is 2.57. The van der Waals surface area contributed by atoms with Crippen LogP contribution in [0.1, 0.15) is 109 Å². The molecule has 0 atom stereocenters. The molecule has 0 amide bonds. The fourth-order valence-electron chi connectivity index (χ4n) is 5.45. The van der Waals surface area contributed by atoms with Gasteiger partial charge in [-0.1, -0.05) is 83.5 Å². The summed E-state index contributed by atoms with van der Waals surface area (Å²) < 4.78 is 0. The van der Waals surface area contributed by atoms with Gasteiger partial charge in [-0.05, 0) is 49.4 Å². The Morgan fingerprint density at radius 3 is 1.29 bits per heavy atom. The van der Waals surface area contributed by atoms with Gasteiger partial charge >= 0.3 is 0 Å². The Balaban J connectivity index is 1.55. The summed E-state index contributed by atoms with van der Waals surface area (Å²) in [5, 5.41) is 0. The predicted molar refractivity (Wildman–Crippen MR) is 92.2 cm³/mol. The van der Waals surface area contributed by atoms with Crippen molar-refractivity contribution in [2.24, 2.45) is 17.8 Å². The van der Waals surface area contributed by atoms with Gasteiger partial charge in [-0.15, -0.1) is 0 Å². The highest BCUT2D eigenvalue weighted by molar-refractivity contribution is 5.01. The highest BCUT2D eigenvalue weighted by atomic mass is 14.3. The lowest BCUT2D eigenvalue weighted by molar-refractivity contribution is 0.253. The maximum atomic E-state index is 2.05. The lowest BCUT2D eigenvalue weighted by Gasteiger charge is -2.36. The molecule has 0 saturated heterocycles. The fourth-order valence-corrected chi connectivity index (χ4v) is 5.45. The van der Waals surface area contributed by atoms with Crippen molar-refractivity contribution >= 4 is 0 Å². The van der Waals surface area contributed by atoms with E-state index in [4.69, 9.17) is 0 Å². The monoisotopic (exact) mass is 289 g/mol. The highest BCUT2D eigenvalue weighted by Crippen LogP contribution is 2.43. The molecule has 0 aromatic carbocycles. The first-order valence-electron chi connectivity index (χ1n) is 10.3. The predicted octanol–water partition coefficient (Wildman–Crippen LogP) is 7.08. The van der Waals surface area contributed by atoms with Crippen LogP contribution in [-0.4, -0.2) is 0 Å². The zero-order valence-electron chi connectivity index (χ0n) is 14.3. The minimum absolute atomic E-state index is 1.03. The lowest BCUT2D eigenvalue weighted by Crippen LogP contribution is -2.23. The largest absolute Gasteiger partial charge is 0.0533 e. The Labute approximate surface area is 133 Å². The maximum Gasteiger partial charge on any atom is -0.0205 e. The highest BCUT2D eigenvalue weighted by Gasteiger charge is 2.30. The van der Waals surface area contributed by atoms with Gasteiger partial charge in [0.25, 0.3) is 0 Å². The minimum atomic E-state index is 1.03. The van der Waals surface area contributed by atoms with Crippen LogP contribution in [0.25, 0.3) is 0 Å². The van der Waals surface area contributed by atoms with Crippen molar-refractivity contribution in [3.8, 4) is 0 Å². The molecule has 0 N–H and O–H groups in total. The van der Waals surface area contributed by atoms with Crippen LogP contribution in [0.4, 0.5) is 0 Å². The zero-order valence-corrected chi connectivity index (χ0v) is 14.3. The van der Waals surface area contributed by atoms with Gasteiger partial charge in [0.2, 0.25) is 0 Å². The molecule has 3 saturated carbocycles. The number of hydrogen-bond donors (Lipinski definition) is 0. The standard InChI is InChI=1S/C21H37/c1-4-10-18(11-5-1)16-21(20-14-8-3-9-15-20)17-19-12-6-2-7-13-19/h18-20H,1-17H2. The molecule has 0 heteroatoms. The topological polar surface area (TPSA) is 0 Å². The molecule has 0 heterocycles. The number of hydrogen-bond acceptors (Lipinski definition) is 0. The first-order valence-corrected chi connectivity index (χ1v) is 10.3. The van der Waals surface area contributed by atoms with Crippen molar-refractivity contribution in [2.45, 2.75) is 109 Å². The molecule has 1 radical (unpaired) electrons. The Bertz CT molecular complexity index is 244. The van der Waals surface area contributed by atoms with Crippen LogP contribution in [0.3, 0.4) is 0 Å². The van der Waals surface area contributed by atoms with Gasteiger partial charge in [0.1, 0.15) is 0 Å². The zero-order chi connectivity index (χ0) is 14.3. The normalized spacial score (nSPS) is 27.3. The number of rotatable bonds is 5. The molecule has 0 aromatic rings. The molecule has 0 aromatic heterocycles. The molecule has 0 bridgehead atoms. The van der Waals surface area contributed by atoms with E-state index in [2.05, 4.69) is 0 Å². The van der Waals surface area contributed by atoms with Crippen LogP contribution in [0.2, 0.25) is 0 Å². The van der Waals surface area contributed by atoms with E-state index in [0.717, 1.165) is 17.8 Å². The van der Waals surface area contributed by atoms with Crippen LogP contribution in [0.5, 0.6) is 0 Å². The summed E-state index contributed by atoms with van der Waals surface area (Å²) in [6.45, 7) is 0. The lowest BCUT2D eigenvalue weighted by atomic mass is 9.69. The Kier molecular flexibility index (Phi) is 6.49. The van der Waals surface area contributed by atoms with Crippen LogP contribution < -0.4 is 0 Å². The molecule has 0 nitrogen and oxygen atoms in total. The van der Waals surface area contributed by atoms with E-state index in [0.29, 0.717) is 0 Å². The summed E-state index contributed by atoms with van der Waals surface area (Å²) in [5.41, 5.74) is 0. The van der Waals surface area contributed by atoms with E-state index in [1.165, 1.54) is 83.5 Å². The molecule has 3 aliphatic carbocycles. The van der Waals surface area contributed by atoms with Gasteiger partial charge in [0, 0.05) is 0 Å². The Hall–Kier alpha value is 0. The van der Waals surface area contributed by atoms with Crippen molar-refractivity contribution in [2.75, 3.05) is 0 Å². The van der Waals surface area contributed by atoms with Gasteiger partial charge < -0.3 is 0 Å². The van der Waals surface area contributed by atoms with Gasteiger partial charge in [-0.25, -0.2) is 0 Å². The summed E-state index contributed by atoms with van der Waals surface area (Å²) in [4.78, 5) is 0. The summed E-state index contributed by atoms with van der Waals surface area (Å²) >= 11 is 0. The van der Waals surface area contributed by atoms with Crippen molar-refractivity contribution in [3.63, 3.8) is 0 Å².